The van der Waals surface area contributed by atoms with Crippen LogP contribution in [0.1, 0.15) is 63.1 Å². The summed E-state index contributed by atoms with van der Waals surface area (Å²) in [7, 11) is -6.09. The molecular weight excluding hydrogens is 1190 g/mol. The molecule has 3 aliphatic rings. The van der Waals surface area contributed by atoms with Crippen molar-refractivity contribution in [2.75, 3.05) is 6.61 Å². The number of aliphatic hydroxyl groups excluding tert-OH is 3. The van der Waals surface area contributed by atoms with Gasteiger partial charge in [0.2, 0.25) is 0 Å². The molecule has 0 spiro atoms. The second-order valence-electron chi connectivity index (χ2n) is 13.6. The minimum absolute atomic E-state index is 0. The van der Waals surface area contributed by atoms with E-state index in [1.165, 1.54) is 11.4 Å². The molecule has 0 unspecified atom stereocenters. The van der Waals surface area contributed by atoms with Crippen LogP contribution in [-0.2, 0) is 89.2 Å². The van der Waals surface area contributed by atoms with Gasteiger partial charge in [0.15, 0.2) is 10.1 Å². The maximum atomic E-state index is 10.7. The third-order valence-corrected chi connectivity index (χ3v) is 8.54. The summed E-state index contributed by atoms with van der Waals surface area (Å²) in [6, 6.07) is 15.1. The smallest absolute Gasteiger partial charge is 0.485 e. The Bertz CT molecular complexity index is 2250. The number of imidazole rings is 3. The molecule has 0 aliphatic carbocycles. The van der Waals surface area contributed by atoms with E-state index >= 15 is 0 Å². The van der Waals surface area contributed by atoms with Crippen molar-refractivity contribution in [3.05, 3.63) is 108 Å². The molecule has 62 heavy (non-hydrogen) atoms. The molecule has 6 aromatic heterocycles. The van der Waals surface area contributed by atoms with Gasteiger partial charge < -0.3 is 48.5 Å². The van der Waals surface area contributed by atoms with E-state index in [0.29, 0.717) is 0 Å². The fourth-order valence-corrected chi connectivity index (χ4v) is 5.60. The Labute approximate surface area is 387 Å². The van der Waals surface area contributed by atoms with E-state index in [2.05, 4.69) is 75.7 Å². The van der Waals surface area contributed by atoms with Crippen LogP contribution in [0, 0.1) is 32.0 Å². The van der Waals surface area contributed by atoms with Gasteiger partial charge in [-0.3, -0.25) is 15.0 Å². The van der Waals surface area contributed by atoms with Gasteiger partial charge in [0.25, 0.3) is 0 Å². The molecule has 3 aliphatic heterocycles. The Morgan fingerprint density at radius 1 is 0.677 bits per heavy atom. The first-order chi connectivity index (χ1) is 28.3. The average molecular weight is 1240 g/mol. The van der Waals surface area contributed by atoms with Gasteiger partial charge in [-0.1, -0.05) is 35.3 Å². The van der Waals surface area contributed by atoms with E-state index in [1.807, 2.05) is 43.0 Å². The molecule has 0 saturated carbocycles. The van der Waals surface area contributed by atoms with E-state index in [9.17, 15) is 13.2 Å². The number of alkyl halides is 3. The average Bonchev–Trinajstić information content (AvgIpc) is 3.94. The molecule has 0 bridgehead atoms. The first-order valence-corrected chi connectivity index (χ1v) is 20.3. The molecule has 3 N–H and O–H groups in total. The number of aromatic nitrogens is 9. The Morgan fingerprint density at radius 3 is 1.34 bits per heavy atom. The van der Waals surface area contributed by atoms with Gasteiger partial charge >= 0.3 is 5.51 Å². The molecule has 2 radical (unpaired) electrons. The number of fused-ring (bicyclic) bond motifs is 9. The predicted molar refractivity (Wildman–Crippen MR) is 217 cm³/mol. The predicted octanol–water partition coefficient (Wildman–Crippen LogP) is 5.34. The Kier molecular flexibility index (Phi) is 24.0. The fraction of sp³-hybridized carbons (Fsp3) is 0.415. The van der Waals surface area contributed by atoms with E-state index in [0.717, 1.165) is 90.1 Å². The van der Waals surface area contributed by atoms with Crippen molar-refractivity contribution in [3.8, 4) is 34.2 Å². The summed E-state index contributed by atoms with van der Waals surface area (Å²) in [5.41, 5.74) is 3.30. The summed E-state index contributed by atoms with van der Waals surface area (Å²) in [5, 5.41) is 23.7. The zero-order chi connectivity index (χ0) is 44.6. The van der Waals surface area contributed by atoms with Gasteiger partial charge in [-0.05, 0) is 84.8 Å². The molecule has 0 saturated heterocycles. The number of aliphatic hydroxyl groups is 3. The third-order valence-electron chi connectivity index (χ3n) is 7.98. The largest absolute Gasteiger partial charge is 0.741 e. The SMILES string of the molecule is CC(C)O.CC(C)O.CCO.Cc1cnc2n1CCc1ncc[c-]c1-2.Cc1cnc2n1CCc1ncc[c-]c1-2.O=S(=O)([O-])C(F)(F)F.[Ir].[Ir].[c-]1ccnc2c1-c1nccn1CC2. The summed E-state index contributed by atoms with van der Waals surface area (Å²) in [5.74, 6) is 3.02. The quantitative estimate of drug-likeness (QED) is 0.100. The number of aryl methyl sites for hydroxylation is 6. The van der Waals surface area contributed by atoms with Crippen LogP contribution in [0.4, 0.5) is 13.2 Å². The Morgan fingerprint density at radius 2 is 1.00 bits per heavy atom. The van der Waals surface area contributed by atoms with Crippen molar-refractivity contribution in [2.24, 2.45) is 0 Å². The van der Waals surface area contributed by atoms with Gasteiger partial charge in [0, 0.05) is 115 Å². The molecule has 0 fully saturated rings. The van der Waals surface area contributed by atoms with E-state index in [-0.39, 0.29) is 59.0 Å². The van der Waals surface area contributed by atoms with Crippen LogP contribution in [0.5, 0.6) is 0 Å². The molecule has 0 amide bonds. The van der Waals surface area contributed by atoms with Crippen molar-refractivity contribution in [2.45, 2.75) is 105 Å². The summed E-state index contributed by atoms with van der Waals surface area (Å²) < 4.78 is 65.5. The molecule has 6 aromatic rings. The molecule has 9 rings (SSSR count). The van der Waals surface area contributed by atoms with Crippen molar-refractivity contribution in [1.82, 2.24) is 43.6 Å². The summed E-state index contributed by atoms with van der Waals surface area (Å²) in [6.07, 6.45) is 15.6. The molecule has 344 valence electrons. The van der Waals surface area contributed by atoms with Crippen LogP contribution < -0.4 is 0 Å². The van der Waals surface area contributed by atoms with Crippen LogP contribution >= 0.6 is 0 Å². The number of hydrogen-bond acceptors (Lipinski definition) is 12. The van der Waals surface area contributed by atoms with Crippen LogP contribution in [-0.4, -0.2) is 96.2 Å². The fourth-order valence-electron chi connectivity index (χ4n) is 5.60. The normalized spacial score (nSPS) is 12.2. The van der Waals surface area contributed by atoms with Gasteiger partial charge in [-0.2, -0.15) is 13.2 Å². The van der Waals surface area contributed by atoms with Crippen LogP contribution in [0.25, 0.3) is 34.2 Å². The number of hydrogen-bond donors (Lipinski definition) is 3. The van der Waals surface area contributed by atoms with Gasteiger partial charge in [0.05, 0.1) is 17.5 Å². The minimum Gasteiger partial charge on any atom is -0.741 e. The first-order valence-electron chi connectivity index (χ1n) is 18.9. The molecule has 15 nitrogen and oxygen atoms in total. The number of rotatable bonds is 0. The van der Waals surface area contributed by atoms with Crippen molar-refractivity contribution in [3.63, 3.8) is 0 Å². The van der Waals surface area contributed by atoms with Crippen molar-refractivity contribution < 1.29 is 81.7 Å². The molecule has 0 atom stereocenters. The minimum atomic E-state index is -6.09. The first kappa shape index (κ1) is 56.0. The molecular formula is C41H50F3Ir2N9O6S-4. The van der Waals surface area contributed by atoms with Gasteiger partial charge in [0.1, 0.15) is 0 Å². The maximum absolute atomic E-state index is 10.7. The zero-order valence-corrected chi connectivity index (χ0v) is 40.8. The number of halogens is 3. The second-order valence-corrected chi connectivity index (χ2v) is 15.0. The monoisotopic (exact) mass is 1240 g/mol. The summed E-state index contributed by atoms with van der Waals surface area (Å²) >= 11 is 0. The maximum Gasteiger partial charge on any atom is 0.485 e. The second kappa shape index (κ2) is 26.6. The molecule has 0 aromatic carbocycles. The molecule has 9 heterocycles. The van der Waals surface area contributed by atoms with Crippen molar-refractivity contribution >= 4 is 10.1 Å². The zero-order valence-electron chi connectivity index (χ0n) is 35.2. The summed E-state index contributed by atoms with van der Waals surface area (Å²) in [4.78, 5) is 26.1. The Hall–Kier alpha value is -4.04. The topological polar surface area (TPSA) is 210 Å². The van der Waals surface area contributed by atoms with Crippen LogP contribution in [0.3, 0.4) is 0 Å². The third kappa shape index (κ3) is 16.6. The van der Waals surface area contributed by atoms with E-state index in [1.54, 1.807) is 53.2 Å². The van der Waals surface area contributed by atoms with Crippen molar-refractivity contribution in [1.29, 1.82) is 0 Å². The van der Waals surface area contributed by atoms with Crippen LogP contribution in [0.2, 0.25) is 0 Å². The van der Waals surface area contributed by atoms with Crippen LogP contribution in [0.15, 0.2) is 61.6 Å². The van der Waals surface area contributed by atoms with Gasteiger partial charge in [-0.15, -0.1) is 36.4 Å². The number of nitrogens with zero attached hydrogens (tertiary/aromatic N) is 9. The Balaban J connectivity index is 0.000000384. The van der Waals surface area contributed by atoms with E-state index < -0.39 is 15.6 Å². The standard InChI is InChI=1S/2C11H10N3.C10H8N3.2C3H8O.C2H6O.CHF3O3S.2Ir/c2*1-8-7-13-11-9-3-2-5-12-10(9)4-6-14(8)11;1-2-8-9(11-4-1)3-6-13-7-5-12-10(8)13;2*1-3(2)4;1-2-3;2-1(3,4)8(5,6)7;;/h2*2,5,7H,4,6H2,1H3;1,4-5,7H,3,6H2;2*3-4H,1-2H3;3H,2H2,1H3;(H,5,6,7);;/q3*-1;;;;;;/p-1. The van der Waals surface area contributed by atoms with E-state index in [4.69, 9.17) is 28.3 Å². The summed E-state index contributed by atoms with van der Waals surface area (Å²) in [6.45, 7) is 15.9. The molecule has 21 heteroatoms. The van der Waals surface area contributed by atoms with Gasteiger partial charge in [-0.25, -0.2) is 8.42 Å². The number of pyridine rings is 3.